The molecule has 1 fully saturated rings. The van der Waals surface area contributed by atoms with Gasteiger partial charge in [-0.2, -0.15) is 4.31 Å². The molecule has 2 aromatic carbocycles. The quantitative estimate of drug-likeness (QED) is 0.582. The van der Waals surface area contributed by atoms with E-state index in [4.69, 9.17) is 4.74 Å². The third-order valence-corrected chi connectivity index (χ3v) is 6.87. The van der Waals surface area contributed by atoms with E-state index in [1.807, 2.05) is 53.4 Å². The predicted molar refractivity (Wildman–Crippen MR) is 117 cm³/mol. The summed E-state index contributed by atoms with van der Waals surface area (Å²) in [5.74, 6) is -0.312. The number of ether oxygens (including phenoxy) is 1. The van der Waals surface area contributed by atoms with Crippen LogP contribution in [0.25, 0.3) is 10.9 Å². The smallest absolute Gasteiger partial charge is 0.325 e. The van der Waals surface area contributed by atoms with Crippen LogP contribution in [-0.2, 0) is 21.4 Å². The van der Waals surface area contributed by atoms with E-state index in [0.29, 0.717) is 31.0 Å². The van der Waals surface area contributed by atoms with Gasteiger partial charge in [-0.3, -0.25) is 9.69 Å². The van der Waals surface area contributed by atoms with Crippen LogP contribution >= 0.6 is 0 Å². The van der Waals surface area contributed by atoms with Crippen molar-refractivity contribution in [2.75, 3.05) is 32.4 Å². The molecule has 31 heavy (non-hydrogen) atoms. The summed E-state index contributed by atoms with van der Waals surface area (Å²) in [6.07, 6.45) is 2.89. The number of rotatable bonds is 7. The average Bonchev–Trinajstić information content (AvgIpc) is 3.15. The second-order valence-electron chi connectivity index (χ2n) is 7.66. The highest BCUT2D eigenvalue weighted by molar-refractivity contribution is 7.88. The van der Waals surface area contributed by atoms with Crippen LogP contribution in [0.15, 0.2) is 54.7 Å². The first-order valence-corrected chi connectivity index (χ1v) is 11.9. The second-order valence-corrected chi connectivity index (χ2v) is 9.65. The molecule has 1 aliphatic rings. The van der Waals surface area contributed by atoms with Crippen LogP contribution < -0.4 is 4.74 Å². The molecule has 3 aromatic rings. The number of fused-ring (bicyclic) bond motifs is 1. The fourth-order valence-electron chi connectivity index (χ4n) is 3.96. The molecule has 1 atom stereocenters. The molecule has 0 unspecified atom stereocenters. The number of piperazine rings is 1. The van der Waals surface area contributed by atoms with Crippen molar-refractivity contribution in [3.05, 3.63) is 65.9 Å². The Morgan fingerprint density at radius 1 is 1.13 bits per heavy atom. The van der Waals surface area contributed by atoms with Crippen molar-refractivity contribution in [2.24, 2.45) is 0 Å². The second kappa shape index (κ2) is 8.70. The van der Waals surface area contributed by atoms with Crippen molar-refractivity contribution in [1.29, 1.82) is 0 Å². The fraction of sp³-hybridized carbons (Fsp3) is 0.318. The Labute approximate surface area is 181 Å². The summed E-state index contributed by atoms with van der Waals surface area (Å²) in [7, 11) is -3.28. The largest absolute Gasteiger partial charge is 0.489 e. The zero-order chi connectivity index (χ0) is 22.0. The average molecular weight is 444 g/mol. The molecule has 4 rings (SSSR count). The van der Waals surface area contributed by atoms with Gasteiger partial charge in [0.25, 0.3) is 0 Å². The van der Waals surface area contributed by atoms with Crippen molar-refractivity contribution >= 4 is 26.9 Å². The molecule has 9 heteroatoms. The van der Waals surface area contributed by atoms with Gasteiger partial charge in [-0.25, -0.2) is 8.42 Å². The maximum Gasteiger partial charge on any atom is 0.325 e. The minimum Gasteiger partial charge on any atom is -0.489 e. The van der Waals surface area contributed by atoms with Crippen LogP contribution in [0.1, 0.15) is 17.2 Å². The van der Waals surface area contributed by atoms with Gasteiger partial charge >= 0.3 is 5.97 Å². The van der Waals surface area contributed by atoms with Crippen LogP contribution in [0, 0.1) is 0 Å². The highest BCUT2D eigenvalue weighted by Gasteiger charge is 2.34. The van der Waals surface area contributed by atoms with Crippen molar-refractivity contribution in [2.45, 2.75) is 12.6 Å². The minimum absolute atomic E-state index is 0.274. The normalized spacial score (nSPS) is 16.9. The van der Waals surface area contributed by atoms with Gasteiger partial charge in [0.15, 0.2) is 0 Å². The summed E-state index contributed by atoms with van der Waals surface area (Å²) in [5, 5.41) is 10.8. The van der Waals surface area contributed by atoms with Crippen molar-refractivity contribution < 1.29 is 23.1 Å². The molecule has 0 bridgehead atoms. The third-order valence-electron chi connectivity index (χ3n) is 5.57. The fourth-order valence-corrected chi connectivity index (χ4v) is 4.78. The van der Waals surface area contributed by atoms with E-state index in [9.17, 15) is 18.3 Å². The topological polar surface area (TPSA) is 103 Å². The molecular weight excluding hydrogens is 418 g/mol. The van der Waals surface area contributed by atoms with E-state index in [0.717, 1.165) is 16.5 Å². The van der Waals surface area contributed by atoms with Crippen LogP contribution in [0.3, 0.4) is 0 Å². The summed E-state index contributed by atoms with van der Waals surface area (Å²) in [4.78, 5) is 17.2. The Hall–Kier alpha value is -2.88. The lowest BCUT2D eigenvalue weighted by Gasteiger charge is -2.36. The molecule has 8 nitrogen and oxygen atoms in total. The van der Waals surface area contributed by atoms with Gasteiger partial charge in [0, 0.05) is 48.8 Å². The minimum atomic E-state index is -3.28. The van der Waals surface area contributed by atoms with Crippen molar-refractivity contribution in [3.8, 4) is 5.75 Å². The molecular formula is C22H25N3O5S. The SMILES string of the molecule is CS(=O)(=O)N1CCN([C@H](C(=O)O)c2c[nH]c3ccc(OCc4ccccc4)cc23)CC1. The molecule has 0 amide bonds. The van der Waals surface area contributed by atoms with Gasteiger partial charge in [-0.05, 0) is 23.8 Å². The van der Waals surface area contributed by atoms with Gasteiger partial charge < -0.3 is 14.8 Å². The number of aromatic nitrogens is 1. The number of aromatic amines is 1. The molecule has 0 saturated carbocycles. The van der Waals surface area contributed by atoms with E-state index in [2.05, 4.69) is 4.98 Å². The zero-order valence-corrected chi connectivity index (χ0v) is 18.0. The summed E-state index contributed by atoms with van der Waals surface area (Å²) < 4.78 is 30.8. The highest BCUT2D eigenvalue weighted by Crippen LogP contribution is 2.32. The molecule has 164 valence electrons. The molecule has 0 radical (unpaired) electrons. The van der Waals surface area contributed by atoms with Gasteiger partial charge in [-0.1, -0.05) is 30.3 Å². The number of aliphatic carboxylic acids is 1. The predicted octanol–water partition coefficient (Wildman–Crippen LogP) is 2.45. The van der Waals surface area contributed by atoms with E-state index in [1.165, 1.54) is 10.6 Å². The van der Waals surface area contributed by atoms with Crippen molar-refractivity contribution in [1.82, 2.24) is 14.2 Å². The Morgan fingerprint density at radius 2 is 1.84 bits per heavy atom. The number of carboxylic acid groups (broad SMARTS) is 1. The van der Waals surface area contributed by atoms with E-state index in [-0.39, 0.29) is 13.1 Å². The first kappa shape index (κ1) is 21.4. The van der Waals surface area contributed by atoms with Gasteiger partial charge in [0.2, 0.25) is 10.0 Å². The number of hydrogen-bond acceptors (Lipinski definition) is 5. The lowest BCUT2D eigenvalue weighted by Crippen LogP contribution is -2.50. The first-order valence-electron chi connectivity index (χ1n) is 10.0. The molecule has 1 aromatic heterocycles. The maximum absolute atomic E-state index is 12.2. The lowest BCUT2D eigenvalue weighted by molar-refractivity contribution is -0.144. The lowest BCUT2D eigenvalue weighted by atomic mass is 10.0. The number of carboxylic acids is 1. The Kier molecular flexibility index (Phi) is 5.99. The van der Waals surface area contributed by atoms with Crippen LogP contribution in [0.4, 0.5) is 0 Å². The number of H-pyrrole nitrogens is 1. The number of carbonyl (C=O) groups is 1. The highest BCUT2D eigenvalue weighted by atomic mass is 32.2. The summed E-state index contributed by atoms with van der Waals surface area (Å²) >= 11 is 0. The van der Waals surface area contributed by atoms with Crippen LogP contribution in [0.2, 0.25) is 0 Å². The molecule has 0 aliphatic carbocycles. The monoisotopic (exact) mass is 443 g/mol. The Balaban J connectivity index is 1.57. The van der Waals surface area contributed by atoms with E-state index in [1.54, 1.807) is 6.20 Å². The van der Waals surface area contributed by atoms with E-state index >= 15 is 0 Å². The van der Waals surface area contributed by atoms with Crippen LogP contribution in [-0.4, -0.2) is 66.1 Å². The van der Waals surface area contributed by atoms with Gasteiger partial charge in [0.05, 0.1) is 6.26 Å². The molecule has 1 saturated heterocycles. The Bertz CT molecular complexity index is 1170. The van der Waals surface area contributed by atoms with E-state index < -0.39 is 22.0 Å². The summed E-state index contributed by atoms with van der Waals surface area (Å²) in [5.41, 5.74) is 2.51. The molecule has 0 spiro atoms. The van der Waals surface area contributed by atoms with Crippen LogP contribution in [0.5, 0.6) is 5.75 Å². The van der Waals surface area contributed by atoms with Crippen molar-refractivity contribution in [3.63, 3.8) is 0 Å². The number of hydrogen-bond donors (Lipinski definition) is 2. The maximum atomic E-state index is 12.2. The number of nitrogens with one attached hydrogen (secondary N) is 1. The molecule has 1 aliphatic heterocycles. The number of benzene rings is 2. The first-order chi connectivity index (χ1) is 14.8. The Morgan fingerprint density at radius 3 is 2.48 bits per heavy atom. The summed E-state index contributed by atoms with van der Waals surface area (Å²) in [6, 6.07) is 14.5. The number of nitrogens with zero attached hydrogens (tertiary/aromatic N) is 2. The zero-order valence-electron chi connectivity index (χ0n) is 17.2. The standard InChI is InChI=1S/C22H25N3O5S/c1-31(28,29)25-11-9-24(10-12-25)21(22(26)27)19-14-23-20-8-7-17(13-18(19)20)30-15-16-5-3-2-4-6-16/h2-8,13-14,21,23H,9-12,15H2,1H3,(H,26,27)/t21-/m0/s1. The van der Waals surface area contributed by atoms with Gasteiger partial charge in [0.1, 0.15) is 18.4 Å². The molecule has 2 N–H and O–H groups in total. The molecule has 2 heterocycles. The third kappa shape index (κ3) is 4.73. The number of sulfonamides is 1. The van der Waals surface area contributed by atoms with Gasteiger partial charge in [-0.15, -0.1) is 0 Å². The summed E-state index contributed by atoms with van der Waals surface area (Å²) in [6.45, 7) is 1.66.